The van der Waals surface area contributed by atoms with Crippen LogP contribution in [0.4, 0.5) is 4.79 Å². The lowest BCUT2D eigenvalue weighted by Crippen LogP contribution is -2.44. The van der Waals surface area contributed by atoms with Crippen molar-refractivity contribution in [1.29, 1.82) is 0 Å². The van der Waals surface area contributed by atoms with Gasteiger partial charge in [-0.25, -0.2) is 9.48 Å². The van der Waals surface area contributed by atoms with Crippen LogP contribution in [0.25, 0.3) is 0 Å². The number of carbonyl (C=O) groups excluding carboxylic acids is 1. The molecule has 2 aliphatic rings. The highest BCUT2D eigenvalue weighted by Crippen LogP contribution is 2.33. The van der Waals surface area contributed by atoms with Gasteiger partial charge >= 0.3 is 6.03 Å². The lowest BCUT2D eigenvalue weighted by molar-refractivity contribution is 0.103. The molecular weight excluding hydrogens is 282 g/mol. The Morgan fingerprint density at radius 2 is 2.18 bits per heavy atom. The van der Waals surface area contributed by atoms with Crippen LogP contribution in [0.3, 0.4) is 0 Å². The summed E-state index contributed by atoms with van der Waals surface area (Å²) in [6.07, 6.45) is 2.58. The van der Waals surface area contributed by atoms with Gasteiger partial charge in [0, 0.05) is 39.7 Å². The topological polar surface area (TPSA) is 63.5 Å². The van der Waals surface area contributed by atoms with Crippen LogP contribution in [0.2, 0.25) is 0 Å². The number of aromatic nitrogens is 3. The van der Waals surface area contributed by atoms with Crippen molar-refractivity contribution in [3.63, 3.8) is 0 Å². The van der Waals surface area contributed by atoms with Crippen molar-refractivity contribution < 1.29 is 9.53 Å². The first-order valence-electron chi connectivity index (χ1n) is 8.06. The summed E-state index contributed by atoms with van der Waals surface area (Å²) in [6.45, 7) is 5.44. The summed E-state index contributed by atoms with van der Waals surface area (Å²) in [5, 5.41) is 8.67. The number of rotatable bonds is 5. The molecule has 7 heteroatoms. The molecule has 1 fully saturated rings. The molecule has 7 nitrogen and oxygen atoms in total. The minimum Gasteiger partial charge on any atom is -0.381 e. The zero-order chi connectivity index (χ0) is 15.7. The molecule has 1 aromatic heterocycles. The monoisotopic (exact) mass is 307 g/mol. The van der Waals surface area contributed by atoms with Gasteiger partial charge in [0.1, 0.15) is 5.69 Å². The van der Waals surface area contributed by atoms with Crippen molar-refractivity contribution >= 4 is 6.03 Å². The van der Waals surface area contributed by atoms with Crippen molar-refractivity contribution in [1.82, 2.24) is 24.8 Å². The maximum absolute atomic E-state index is 12.3. The van der Waals surface area contributed by atoms with Crippen molar-refractivity contribution in [2.24, 2.45) is 5.92 Å². The lowest BCUT2D eigenvalue weighted by Gasteiger charge is -2.34. The quantitative estimate of drug-likeness (QED) is 0.822. The minimum atomic E-state index is 0.0175. The average molecular weight is 307 g/mol. The van der Waals surface area contributed by atoms with Gasteiger partial charge in [-0.2, -0.15) is 0 Å². The second-order valence-corrected chi connectivity index (χ2v) is 6.46. The summed E-state index contributed by atoms with van der Waals surface area (Å²) in [5.41, 5.74) is 2.09. The average Bonchev–Trinajstić information content (AvgIpc) is 3.23. The van der Waals surface area contributed by atoms with Gasteiger partial charge in [-0.05, 0) is 25.7 Å². The summed E-state index contributed by atoms with van der Waals surface area (Å²) in [7, 11) is 3.55. The molecule has 0 radical (unpaired) electrons. The van der Waals surface area contributed by atoms with Gasteiger partial charge in [0.25, 0.3) is 0 Å². The van der Waals surface area contributed by atoms with Gasteiger partial charge < -0.3 is 14.5 Å². The molecule has 3 rings (SSSR count). The Kier molecular flexibility index (Phi) is 4.33. The fraction of sp³-hybridized carbons (Fsp3) is 0.800. The van der Waals surface area contributed by atoms with Crippen molar-refractivity contribution in [2.75, 3.05) is 33.9 Å². The Morgan fingerprint density at radius 1 is 1.41 bits per heavy atom. The third-order valence-electron chi connectivity index (χ3n) is 4.32. The van der Waals surface area contributed by atoms with E-state index in [1.807, 2.05) is 16.5 Å². The summed E-state index contributed by atoms with van der Waals surface area (Å²) < 4.78 is 7.69. The number of hydrogen-bond acceptors (Lipinski definition) is 4. The number of fused-ring (bicyclic) bond motifs is 1. The van der Waals surface area contributed by atoms with Crippen LogP contribution < -0.4 is 0 Å². The Labute approximate surface area is 131 Å². The number of carbonyl (C=O) groups is 1. The first-order valence-corrected chi connectivity index (χ1v) is 8.06. The van der Waals surface area contributed by atoms with Crippen LogP contribution in [0, 0.1) is 5.92 Å². The molecule has 2 heterocycles. The summed E-state index contributed by atoms with van der Waals surface area (Å²) in [5.74, 6) is 0.904. The van der Waals surface area contributed by atoms with Crippen LogP contribution in [0.1, 0.15) is 37.1 Å². The number of hydrogen-bond donors (Lipinski definition) is 0. The van der Waals surface area contributed by atoms with Crippen LogP contribution in [0.5, 0.6) is 0 Å². The zero-order valence-corrected chi connectivity index (χ0v) is 13.7. The first kappa shape index (κ1) is 15.3. The standard InChI is InChI=1S/C15H25N5O2/c1-4-22-10-12-8-19(15(21)18(2)3)9-13-14(12)20(17-16-13)7-11-5-6-11/h11-12H,4-10H2,1-3H3/t12-/m1/s1. The van der Waals surface area contributed by atoms with Gasteiger partial charge in [0.2, 0.25) is 0 Å². The molecular formula is C15H25N5O2. The van der Waals surface area contributed by atoms with Gasteiger partial charge in [-0.3, -0.25) is 0 Å². The van der Waals surface area contributed by atoms with E-state index in [0.29, 0.717) is 26.3 Å². The molecule has 0 aromatic carbocycles. The summed E-state index contributed by atoms with van der Waals surface area (Å²) >= 11 is 0. The predicted octanol–water partition coefficient (Wildman–Crippen LogP) is 1.31. The summed E-state index contributed by atoms with van der Waals surface area (Å²) in [6, 6.07) is 0.0175. The molecule has 1 aromatic rings. The SMILES string of the molecule is CCOC[C@H]1CN(C(=O)N(C)C)Cc2nnn(CC3CC3)c21. The van der Waals surface area contributed by atoms with Crippen molar-refractivity contribution in [2.45, 2.75) is 38.8 Å². The normalized spacial score (nSPS) is 20.9. The second kappa shape index (κ2) is 6.24. The number of amides is 2. The van der Waals surface area contributed by atoms with E-state index in [1.54, 1.807) is 19.0 Å². The summed E-state index contributed by atoms with van der Waals surface area (Å²) in [4.78, 5) is 15.7. The molecule has 0 spiro atoms. The molecule has 1 aliphatic carbocycles. The molecule has 122 valence electrons. The number of urea groups is 1. The van der Waals surface area contributed by atoms with Gasteiger partial charge in [0.15, 0.2) is 0 Å². The molecule has 0 bridgehead atoms. The largest absolute Gasteiger partial charge is 0.381 e. The van der Waals surface area contributed by atoms with Gasteiger partial charge in [-0.1, -0.05) is 5.21 Å². The van der Waals surface area contributed by atoms with Crippen LogP contribution in [-0.4, -0.2) is 64.7 Å². The maximum atomic E-state index is 12.3. The Balaban J connectivity index is 1.83. The minimum absolute atomic E-state index is 0.0175. The molecule has 22 heavy (non-hydrogen) atoms. The Bertz CT molecular complexity index is 538. The van der Waals surface area contributed by atoms with E-state index in [2.05, 4.69) is 10.3 Å². The van der Waals surface area contributed by atoms with Crippen molar-refractivity contribution in [3.8, 4) is 0 Å². The predicted molar refractivity (Wildman–Crippen MR) is 81.5 cm³/mol. The van der Waals surface area contributed by atoms with E-state index in [4.69, 9.17) is 4.74 Å². The van der Waals surface area contributed by atoms with Crippen LogP contribution in [0.15, 0.2) is 0 Å². The highest BCUT2D eigenvalue weighted by atomic mass is 16.5. The molecule has 1 atom stereocenters. The molecule has 1 saturated carbocycles. The molecule has 0 saturated heterocycles. The fourth-order valence-corrected chi connectivity index (χ4v) is 3.01. The maximum Gasteiger partial charge on any atom is 0.319 e. The molecule has 2 amide bonds. The third-order valence-corrected chi connectivity index (χ3v) is 4.32. The molecule has 0 N–H and O–H groups in total. The van der Waals surface area contributed by atoms with Gasteiger partial charge in [0.05, 0.1) is 18.8 Å². The van der Waals surface area contributed by atoms with Gasteiger partial charge in [-0.15, -0.1) is 5.10 Å². The van der Waals surface area contributed by atoms with E-state index < -0.39 is 0 Å². The Hall–Kier alpha value is -1.63. The first-order chi connectivity index (χ1) is 10.6. The second-order valence-electron chi connectivity index (χ2n) is 6.46. The van der Waals surface area contributed by atoms with E-state index in [-0.39, 0.29) is 11.9 Å². The van der Waals surface area contributed by atoms with E-state index in [0.717, 1.165) is 18.2 Å². The highest BCUT2D eigenvalue weighted by Gasteiger charge is 2.35. The lowest BCUT2D eigenvalue weighted by atomic mass is 9.99. The molecule has 1 aliphatic heterocycles. The smallest absolute Gasteiger partial charge is 0.319 e. The molecule has 0 unspecified atom stereocenters. The fourth-order valence-electron chi connectivity index (χ4n) is 3.01. The van der Waals surface area contributed by atoms with Crippen molar-refractivity contribution in [3.05, 3.63) is 11.4 Å². The van der Waals surface area contributed by atoms with E-state index in [9.17, 15) is 4.79 Å². The van der Waals surface area contributed by atoms with Crippen LogP contribution >= 0.6 is 0 Å². The Morgan fingerprint density at radius 3 is 2.82 bits per heavy atom. The highest BCUT2D eigenvalue weighted by molar-refractivity contribution is 5.74. The van der Waals surface area contributed by atoms with E-state index >= 15 is 0 Å². The third kappa shape index (κ3) is 3.09. The van der Waals surface area contributed by atoms with Crippen LogP contribution in [-0.2, 0) is 17.8 Å². The zero-order valence-electron chi connectivity index (χ0n) is 13.7. The number of nitrogens with zero attached hydrogens (tertiary/aromatic N) is 5. The van der Waals surface area contributed by atoms with E-state index in [1.165, 1.54) is 18.5 Å². The number of ether oxygens (including phenoxy) is 1.